The Bertz CT molecular complexity index is 609. The molecule has 4 nitrogen and oxygen atoms in total. The summed E-state index contributed by atoms with van der Waals surface area (Å²) in [5.74, 6) is 0.337. The van der Waals surface area contributed by atoms with Crippen LogP contribution in [-0.2, 0) is 17.9 Å². The smallest absolute Gasteiger partial charge is 0.289 e. The topological polar surface area (TPSA) is 42.7 Å². The molecule has 0 saturated heterocycles. The summed E-state index contributed by atoms with van der Waals surface area (Å²) in [4.78, 5) is 14.0. The van der Waals surface area contributed by atoms with Crippen molar-refractivity contribution in [1.82, 2.24) is 4.90 Å². The molecule has 1 aromatic heterocycles. The molecule has 0 radical (unpaired) electrons. The second-order valence-corrected chi connectivity index (χ2v) is 4.65. The Morgan fingerprint density at radius 3 is 2.81 bits per heavy atom. The zero-order valence-electron chi connectivity index (χ0n) is 12.1. The largest absolute Gasteiger partial charge is 0.453 e. The van der Waals surface area contributed by atoms with Crippen molar-refractivity contribution >= 4 is 5.91 Å². The Morgan fingerprint density at radius 1 is 1.33 bits per heavy atom. The number of hydrogen-bond acceptors (Lipinski definition) is 3. The van der Waals surface area contributed by atoms with Crippen molar-refractivity contribution in [3.05, 3.63) is 59.3 Å². The Balaban J connectivity index is 2.10. The van der Waals surface area contributed by atoms with Crippen LogP contribution in [0.25, 0.3) is 0 Å². The van der Waals surface area contributed by atoms with Crippen LogP contribution >= 0.6 is 0 Å². The maximum absolute atomic E-state index is 13.2. The van der Waals surface area contributed by atoms with Crippen LogP contribution in [-0.4, -0.2) is 24.5 Å². The molecule has 0 aliphatic carbocycles. The van der Waals surface area contributed by atoms with E-state index < -0.39 is 0 Å². The van der Waals surface area contributed by atoms with Gasteiger partial charge in [0.1, 0.15) is 18.2 Å². The second kappa shape index (κ2) is 7.04. The monoisotopic (exact) mass is 291 g/mol. The summed E-state index contributed by atoms with van der Waals surface area (Å²) in [6.07, 6.45) is 0. The van der Waals surface area contributed by atoms with E-state index in [0.717, 1.165) is 5.56 Å². The number of amides is 1. The van der Waals surface area contributed by atoms with E-state index in [1.54, 1.807) is 36.3 Å². The quantitative estimate of drug-likeness (QED) is 0.820. The van der Waals surface area contributed by atoms with Gasteiger partial charge in [0.2, 0.25) is 0 Å². The van der Waals surface area contributed by atoms with Gasteiger partial charge in [-0.25, -0.2) is 4.39 Å². The van der Waals surface area contributed by atoms with Crippen molar-refractivity contribution < 1.29 is 18.3 Å². The molecule has 21 heavy (non-hydrogen) atoms. The number of halogens is 1. The zero-order chi connectivity index (χ0) is 15.2. The zero-order valence-corrected chi connectivity index (χ0v) is 12.1. The molecule has 1 aromatic carbocycles. The van der Waals surface area contributed by atoms with E-state index in [9.17, 15) is 9.18 Å². The van der Waals surface area contributed by atoms with E-state index in [1.165, 1.54) is 12.1 Å². The average molecular weight is 291 g/mol. The molecule has 0 aliphatic rings. The first-order chi connectivity index (χ1) is 10.1. The minimum Gasteiger partial charge on any atom is -0.453 e. The van der Waals surface area contributed by atoms with E-state index in [2.05, 4.69) is 0 Å². The maximum Gasteiger partial charge on any atom is 0.289 e. The van der Waals surface area contributed by atoms with Gasteiger partial charge in [-0.3, -0.25) is 4.79 Å². The Labute approximate surface area is 123 Å². The summed E-state index contributed by atoms with van der Waals surface area (Å²) in [7, 11) is 1.56. The van der Waals surface area contributed by atoms with Gasteiger partial charge >= 0.3 is 0 Å². The minimum atomic E-state index is -0.309. The van der Waals surface area contributed by atoms with E-state index in [1.807, 2.05) is 6.92 Å². The van der Waals surface area contributed by atoms with Crippen molar-refractivity contribution in [3.63, 3.8) is 0 Å². The molecule has 2 rings (SSSR count). The molecule has 0 unspecified atom stereocenters. The van der Waals surface area contributed by atoms with Gasteiger partial charge in [0, 0.05) is 20.2 Å². The van der Waals surface area contributed by atoms with Crippen molar-refractivity contribution in [2.45, 2.75) is 20.1 Å². The highest BCUT2D eigenvalue weighted by atomic mass is 19.1. The van der Waals surface area contributed by atoms with Gasteiger partial charge in [-0.2, -0.15) is 0 Å². The van der Waals surface area contributed by atoms with E-state index in [0.29, 0.717) is 25.5 Å². The fourth-order valence-corrected chi connectivity index (χ4v) is 2.05. The third kappa shape index (κ3) is 3.92. The fourth-order valence-electron chi connectivity index (χ4n) is 2.05. The number of furan rings is 1. The molecule has 0 fully saturated rings. The highest BCUT2D eigenvalue weighted by molar-refractivity contribution is 5.91. The SMILES string of the molecule is CCN(Cc1cccc(F)c1)C(=O)c1ccc(COC)o1. The van der Waals surface area contributed by atoms with Gasteiger partial charge in [-0.15, -0.1) is 0 Å². The normalized spacial score (nSPS) is 10.6. The summed E-state index contributed by atoms with van der Waals surface area (Å²) in [6.45, 7) is 3.04. The lowest BCUT2D eigenvalue weighted by Gasteiger charge is -2.19. The average Bonchev–Trinajstić information content (AvgIpc) is 2.93. The van der Waals surface area contributed by atoms with Gasteiger partial charge < -0.3 is 14.1 Å². The standard InChI is InChI=1S/C16H18FNO3/c1-3-18(10-12-5-4-6-13(17)9-12)16(19)15-8-7-14(21-15)11-20-2/h4-9H,3,10-11H2,1-2H3. The third-order valence-corrected chi connectivity index (χ3v) is 3.09. The molecule has 2 aromatic rings. The first kappa shape index (κ1) is 15.3. The van der Waals surface area contributed by atoms with Gasteiger partial charge in [0.05, 0.1) is 0 Å². The van der Waals surface area contributed by atoms with E-state index >= 15 is 0 Å². The number of benzene rings is 1. The number of carbonyl (C=O) groups excluding carboxylic acids is 1. The number of carbonyl (C=O) groups is 1. The van der Waals surface area contributed by atoms with Crippen molar-refractivity contribution in [1.29, 1.82) is 0 Å². The Kier molecular flexibility index (Phi) is 5.11. The minimum absolute atomic E-state index is 0.218. The third-order valence-electron chi connectivity index (χ3n) is 3.09. The number of rotatable bonds is 6. The first-order valence-electron chi connectivity index (χ1n) is 6.75. The molecule has 1 heterocycles. The van der Waals surface area contributed by atoms with Gasteiger partial charge in [-0.05, 0) is 36.8 Å². The molecule has 0 bridgehead atoms. The van der Waals surface area contributed by atoms with Crippen LogP contribution in [0.4, 0.5) is 4.39 Å². The number of ether oxygens (including phenoxy) is 1. The first-order valence-corrected chi connectivity index (χ1v) is 6.75. The van der Waals surface area contributed by atoms with Crippen molar-refractivity contribution in [3.8, 4) is 0 Å². The van der Waals surface area contributed by atoms with Crippen LogP contribution in [0.15, 0.2) is 40.8 Å². The highest BCUT2D eigenvalue weighted by Gasteiger charge is 2.18. The molecule has 0 spiro atoms. The molecule has 0 N–H and O–H groups in total. The predicted octanol–water partition coefficient (Wildman–Crippen LogP) is 3.23. The number of nitrogens with zero attached hydrogens (tertiary/aromatic N) is 1. The van der Waals surface area contributed by atoms with Crippen molar-refractivity contribution in [2.24, 2.45) is 0 Å². The maximum atomic E-state index is 13.2. The van der Waals surface area contributed by atoms with Gasteiger partial charge in [0.25, 0.3) is 5.91 Å². The highest BCUT2D eigenvalue weighted by Crippen LogP contribution is 2.14. The van der Waals surface area contributed by atoms with Gasteiger partial charge in [-0.1, -0.05) is 12.1 Å². The summed E-state index contributed by atoms with van der Waals surface area (Å²) < 4.78 is 23.6. The van der Waals surface area contributed by atoms with Crippen LogP contribution in [0.3, 0.4) is 0 Å². The lowest BCUT2D eigenvalue weighted by atomic mass is 10.2. The fraction of sp³-hybridized carbons (Fsp3) is 0.312. The van der Waals surface area contributed by atoms with E-state index in [-0.39, 0.29) is 17.5 Å². The molecule has 0 aliphatic heterocycles. The molecular formula is C16H18FNO3. The van der Waals surface area contributed by atoms with Crippen LogP contribution in [0.5, 0.6) is 0 Å². The summed E-state index contributed by atoms with van der Waals surface area (Å²) >= 11 is 0. The second-order valence-electron chi connectivity index (χ2n) is 4.65. The lowest BCUT2D eigenvalue weighted by Crippen LogP contribution is -2.30. The van der Waals surface area contributed by atoms with E-state index in [4.69, 9.17) is 9.15 Å². The van der Waals surface area contributed by atoms with Crippen LogP contribution in [0.1, 0.15) is 28.8 Å². The van der Waals surface area contributed by atoms with Crippen LogP contribution in [0.2, 0.25) is 0 Å². The summed E-state index contributed by atoms with van der Waals surface area (Å²) in [5.41, 5.74) is 0.744. The Hall–Kier alpha value is -2.14. The Morgan fingerprint density at radius 2 is 2.14 bits per heavy atom. The summed E-state index contributed by atoms with van der Waals surface area (Å²) in [6, 6.07) is 9.57. The van der Waals surface area contributed by atoms with Crippen molar-refractivity contribution in [2.75, 3.05) is 13.7 Å². The number of hydrogen-bond donors (Lipinski definition) is 0. The molecule has 0 saturated carbocycles. The molecule has 1 amide bonds. The lowest BCUT2D eigenvalue weighted by molar-refractivity contribution is 0.0712. The molecule has 112 valence electrons. The number of methoxy groups -OCH3 is 1. The van der Waals surface area contributed by atoms with Gasteiger partial charge in [0.15, 0.2) is 5.76 Å². The molecular weight excluding hydrogens is 273 g/mol. The molecule has 0 atom stereocenters. The summed E-state index contributed by atoms with van der Waals surface area (Å²) in [5, 5.41) is 0. The van der Waals surface area contributed by atoms with Crippen LogP contribution < -0.4 is 0 Å². The molecule has 5 heteroatoms. The predicted molar refractivity (Wildman–Crippen MR) is 76.2 cm³/mol. The van der Waals surface area contributed by atoms with Crippen LogP contribution in [0, 0.1) is 5.82 Å².